The predicted molar refractivity (Wildman–Crippen MR) is 159 cm³/mol. The molecule has 0 bridgehead atoms. The highest BCUT2D eigenvalue weighted by Gasteiger charge is 2.56. The van der Waals surface area contributed by atoms with Crippen molar-refractivity contribution in [3.63, 3.8) is 0 Å². The molecule has 8 N–H and O–H groups in total. The molecule has 2 aliphatic rings. The Kier molecular flexibility index (Phi) is 8.79. The maximum absolute atomic E-state index is 13.2. The van der Waals surface area contributed by atoms with Crippen LogP contribution in [-0.4, -0.2) is 85.5 Å². The molecule has 0 saturated carbocycles. The summed E-state index contributed by atoms with van der Waals surface area (Å²) in [6.45, 7) is -0.975. The van der Waals surface area contributed by atoms with Crippen molar-refractivity contribution >= 4 is 81.1 Å². The average Bonchev–Trinajstić information content (AvgIpc) is 3.42. The number of nitrogen functional groups attached to an aromatic ring is 3. The Morgan fingerprint density at radius 2 is 2.00 bits per heavy atom. The Hall–Kier alpha value is -4.62. The summed E-state index contributed by atoms with van der Waals surface area (Å²) in [5, 5.41) is 28.9. The maximum atomic E-state index is 13.2. The third-order valence-corrected chi connectivity index (χ3v) is 10.1. The molecule has 1 aromatic carbocycles. The zero-order valence-electron chi connectivity index (χ0n) is 22.6. The van der Waals surface area contributed by atoms with Gasteiger partial charge in [-0.3, -0.25) is 9.59 Å². The van der Waals surface area contributed by atoms with Crippen LogP contribution in [0.5, 0.6) is 0 Å². The van der Waals surface area contributed by atoms with Crippen LogP contribution in [0.4, 0.5) is 16.8 Å². The third-order valence-electron chi connectivity index (χ3n) is 6.65. The summed E-state index contributed by atoms with van der Waals surface area (Å²) in [6.07, 6.45) is 0. The van der Waals surface area contributed by atoms with E-state index in [0.717, 1.165) is 23.1 Å². The highest BCUT2D eigenvalue weighted by atomic mass is 32.2. The smallest absolute Gasteiger partial charge is 0.344 e. The van der Waals surface area contributed by atoms with Gasteiger partial charge in [0.1, 0.15) is 22.8 Å². The third kappa shape index (κ3) is 6.19. The van der Waals surface area contributed by atoms with E-state index in [1.54, 1.807) is 4.57 Å². The number of carboxylic acid groups (broad SMARTS) is 2. The number of carbonyl (C=O) groups is 4. The number of thiazole rings is 1. The molecule has 44 heavy (non-hydrogen) atoms. The lowest BCUT2D eigenvalue weighted by atomic mass is 9.89. The van der Waals surface area contributed by atoms with Crippen molar-refractivity contribution in [3.05, 3.63) is 47.5 Å². The van der Waals surface area contributed by atoms with Crippen LogP contribution in [-0.2, 0) is 24.0 Å². The summed E-state index contributed by atoms with van der Waals surface area (Å²) in [6, 6.07) is 9.61. The lowest BCUT2D eigenvalue weighted by Gasteiger charge is -2.55. The number of carbonyl (C=O) groups excluding carboxylic acids is 3. The highest BCUT2D eigenvalue weighted by Crippen LogP contribution is 2.44. The summed E-state index contributed by atoms with van der Waals surface area (Å²) in [5.74, 6) is -3.49. The number of hydrogen-bond acceptors (Lipinski definition) is 15. The molecular formula is C25H25N9O7S3. The molecule has 19 heteroatoms. The van der Waals surface area contributed by atoms with Crippen molar-refractivity contribution in [2.45, 2.75) is 16.6 Å². The van der Waals surface area contributed by atoms with E-state index in [-0.39, 0.29) is 40.4 Å². The first kappa shape index (κ1) is 30.8. The molecule has 3 atom stereocenters. The van der Waals surface area contributed by atoms with E-state index >= 15 is 0 Å². The van der Waals surface area contributed by atoms with Gasteiger partial charge in [0.05, 0.1) is 12.0 Å². The number of oxime groups is 1. The molecule has 4 heterocycles. The van der Waals surface area contributed by atoms with E-state index in [9.17, 15) is 24.3 Å². The average molecular weight is 660 g/mol. The number of thioether (sulfide) groups is 2. The van der Waals surface area contributed by atoms with E-state index in [1.165, 1.54) is 28.1 Å². The van der Waals surface area contributed by atoms with Crippen molar-refractivity contribution in [2.75, 3.05) is 41.9 Å². The van der Waals surface area contributed by atoms with Gasteiger partial charge in [0, 0.05) is 28.8 Å². The fourth-order valence-corrected chi connectivity index (χ4v) is 7.95. The number of nitrogens with one attached hydrogen (secondary N) is 1. The molecule has 230 valence electrons. The number of para-hydroxylation sites is 1. The number of fused-ring (bicyclic) bond motifs is 1. The Bertz CT molecular complexity index is 1660. The molecular weight excluding hydrogens is 635 g/mol. The van der Waals surface area contributed by atoms with Gasteiger partial charge >= 0.3 is 11.1 Å². The van der Waals surface area contributed by atoms with Crippen LogP contribution < -0.4 is 32.2 Å². The summed E-state index contributed by atoms with van der Waals surface area (Å²) in [5.41, 5.74) is 16.7. The quantitative estimate of drug-likeness (QED) is 0.0384. The lowest BCUT2D eigenvalue weighted by molar-refractivity contribution is -0.626. The minimum atomic E-state index is -1.46. The molecule has 2 amide bonds. The molecule has 5 rings (SSSR count). The van der Waals surface area contributed by atoms with Gasteiger partial charge in [-0.15, -0.1) is 23.1 Å². The first-order valence-electron chi connectivity index (χ1n) is 12.7. The van der Waals surface area contributed by atoms with Crippen LogP contribution in [0.15, 0.2) is 52.1 Å². The summed E-state index contributed by atoms with van der Waals surface area (Å²) in [7, 11) is 0. The normalized spacial score (nSPS) is 21.2. The molecule has 0 radical (unpaired) electrons. The minimum absolute atomic E-state index is 0.0123. The van der Waals surface area contributed by atoms with Crippen LogP contribution in [0.25, 0.3) is 5.69 Å². The Balaban J connectivity index is 1.30. The molecule has 0 aliphatic carbocycles. The molecule has 0 spiro atoms. The van der Waals surface area contributed by atoms with E-state index in [1.807, 2.05) is 30.3 Å². The number of carboxylic acids is 2. The summed E-state index contributed by atoms with van der Waals surface area (Å²) in [4.78, 5) is 64.0. The number of anilines is 3. The first-order chi connectivity index (χ1) is 21.0. The van der Waals surface area contributed by atoms with Crippen molar-refractivity contribution < 1.29 is 38.8 Å². The lowest BCUT2D eigenvalue weighted by Crippen LogP contribution is -2.75. The number of benzene rings is 1. The first-order valence-corrected chi connectivity index (χ1v) is 15.6. The van der Waals surface area contributed by atoms with Crippen LogP contribution in [0.3, 0.4) is 0 Å². The van der Waals surface area contributed by atoms with E-state index in [4.69, 9.17) is 27.1 Å². The molecule has 2 unspecified atom stereocenters. The second-order valence-electron chi connectivity index (χ2n) is 9.71. The second-order valence-corrected chi connectivity index (χ2v) is 12.6. The Morgan fingerprint density at radius 1 is 1.25 bits per heavy atom. The van der Waals surface area contributed by atoms with Crippen LogP contribution in [0.1, 0.15) is 5.69 Å². The summed E-state index contributed by atoms with van der Waals surface area (Å²) >= 11 is 3.32. The van der Waals surface area contributed by atoms with E-state index in [2.05, 4.69) is 20.4 Å². The predicted octanol–water partition coefficient (Wildman–Crippen LogP) is -1.70. The van der Waals surface area contributed by atoms with Gasteiger partial charge in [0.25, 0.3) is 5.91 Å². The minimum Gasteiger partial charge on any atom is -0.549 e. The highest BCUT2D eigenvalue weighted by molar-refractivity contribution is 8.00. The fourth-order valence-electron chi connectivity index (χ4n) is 4.52. The molecule has 2 fully saturated rings. The van der Waals surface area contributed by atoms with Crippen molar-refractivity contribution in [2.24, 2.45) is 10.6 Å². The summed E-state index contributed by atoms with van der Waals surface area (Å²) < 4.78 is 1.65. The van der Waals surface area contributed by atoms with Gasteiger partial charge in [-0.2, -0.15) is 4.57 Å². The van der Waals surface area contributed by atoms with Crippen LogP contribution >= 0.6 is 34.9 Å². The molecule has 3 aromatic rings. The maximum Gasteiger partial charge on any atom is 0.344 e. The van der Waals surface area contributed by atoms with Crippen molar-refractivity contribution in [1.29, 1.82) is 0 Å². The number of nitrogens with zero attached hydrogens (tertiary/aromatic N) is 5. The van der Waals surface area contributed by atoms with Crippen molar-refractivity contribution in [3.8, 4) is 5.69 Å². The largest absolute Gasteiger partial charge is 0.549 e. The van der Waals surface area contributed by atoms with Crippen LogP contribution in [0.2, 0.25) is 0 Å². The topological polar surface area (TPSA) is 256 Å². The van der Waals surface area contributed by atoms with E-state index in [0.29, 0.717) is 16.7 Å². The van der Waals surface area contributed by atoms with Gasteiger partial charge in [-0.25, -0.2) is 9.78 Å². The number of rotatable bonds is 11. The van der Waals surface area contributed by atoms with Gasteiger partial charge in [0.2, 0.25) is 24.1 Å². The standard InChI is InChI=1S/C25H25N9O7S3/c26-14-6-15(27)34(12-4-2-1-3-5-12)24(30-14)44-11-25(22(39)40)9-33-20(38)18(21(33)43-10-25)31-19(37)17(32-41-7-16(35)36)13-8-42-23(28)29-13/h1-6,8,18,21H,7,9-11H2,(H8,26,27,28,29,31,35,36,37,39,40)/t18?,21-,25?/m1/s1. The number of nitrogens with two attached hydrogens (primary N) is 3. The number of β-lactam (4-membered cyclic amide) rings is 1. The van der Waals surface area contributed by atoms with Gasteiger partial charge < -0.3 is 47.3 Å². The Morgan fingerprint density at radius 3 is 2.66 bits per heavy atom. The molecule has 2 aromatic heterocycles. The van der Waals surface area contributed by atoms with Crippen LogP contribution in [0, 0.1) is 5.41 Å². The zero-order valence-corrected chi connectivity index (χ0v) is 25.1. The number of hydrogen-bond donors (Lipinski definition) is 5. The van der Waals surface area contributed by atoms with Gasteiger partial charge in [-0.1, -0.05) is 40.1 Å². The van der Waals surface area contributed by atoms with Crippen molar-refractivity contribution in [1.82, 2.24) is 20.2 Å². The molecule has 16 nitrogen and oxygen atoms in total. The Labute approximate surface area is 261 Å². The van der Waals surface area contributed by atoms with Gasteiger partial charge in [-0.05, 0) is 12.1 Å². The number of amides is 2. The van der Waals surface area contributed by atoms with Gasteiger partial charge in [0.15, 0.2) is 10.8 Å². The van der Waals surface area contributed by atoms with E-state index < -0.39 is 47.2 Å². The second kappa shape index (κ2) is 12.5. The fraction of sp³-hybridized carbons (Fsp3) is 0.280. The monoisotopic (exact) mass is 659 g/mol. The number of aliphatic carboxylic acids is 2. The zero-order chi connectivity index (χ0) is 31.6. The SMILES string of the molecule is Nc1cc(N)[n+](-c2ccccc2)c(SCC2(C(=O)[O-])CS[C@@H]3C(NC(=O)C(=NOCC(=O)O)c4csc(N)n4)C(=O)N3C2)n1. The molecule has 2 aliphatic heterocycles. The molecule has 2 saturated heterocycles. The number of aromatic nitrogens is 3.